The number of anilines is 2. The van der Waals surface area contributed by atoms with Crippen LogP contribution in [-0.4, -0.2) is 57.4 Å². The largest absolute Gasteiger partial charge is 0.452 e. The number of hydrogen-bond acceptors (Lipinski definition) is 6. The number of ether oxygens (including phenoxy) is 1. The number of rotatable bonds is 7. The summed E-state index contributed by atoms with van der Waals surface area (Å²) < 4.78 is 33.9. The number of benzene rings is 2. The third-order valence-electron chi connectivity index (χ3n) is 6.49. The van der Waals surface area contributed by atoms with E-state index >= 15 is 0 Å². The fourth-order valence-corrected chi connectivity index (χ4v) is 6.29. The maximum absolute atomic E-state index is 13.6. The van der Waals surface area contributed by atoms with Gasteiger partial charge in [-0.15, -0.1) is 0 Å². The Bertz CT molecular complexity index is 1150. The molecule has 2 fully saturated rings. The van der Waals surface area contributed by atoms with E-state index in [0.717, 1.165) is 57.2 Å². The molecule has 2 aromatic carbocycles. The lowest BCUT2D eigenvalue weighted by Gasteiger charge is -2.33. The first-order valence-electron chi connectivity index (χ1n) is 12.3. The van der Waals surface area contributed by atoms with Crippen molar-refractivity contribution in [3.8, 4) is 0 Å². The Labute approximate surface area is 207 Å². The molecule has 35 heavy (non-hydrogen) atoms. The van der Waals surface area contributed by atoms with Crippen molar-refractivity contribution in [1.82, 2.24) is 4.31 Å². The third kappa shape index (κ3) is 6.21. The molecule has 2 aliphatic heterocycles. The summed E-state index contributed by atoms with van der Waals surface area (Å²) in [5.41, 5.74) is 2.42. The lowest BCUT2D eigenvalue weighted by molar-refractivity contribution is -0.119. The molecular weight excluding hydrogens is 466 g/mol. The molecule has 0 aliphatic carbocycles. The Balaban J connectivity index is 1.52. The average Bonchev–Trinajstić information content (AvgIpc) is 2.89. The fourth-order valence-electron chi connectivity index (χ4n) is 4.54. The van der Waals surface area contributed by atoms with E-state index in [4.69, 9.17) is 4.74 Å². The van der Waals surface area contributed by atoms with Gasteiger partial charge in [-0.1, -0.05) is 24.1 Å². The van der Waals surface area contributed by atoms with Gasteiger partial charge in [0.05, 0.1) is 11.3 Å². The van der Waals surface area contributed by atoms with Crippen LogP contribution in [0.15, 0.2) is 47.4 Å². The number of nitrogens with zero attached hydrogens (tertiary/aromatic N) is 2. The van der Waals surface area contributed by atoms with Crippen LogP contribution in [0.25, 0.3) is 0 Å². The van der Waals surface area contributed by atoms with Crippen LogP contribution in [0.3, 0.4) is 0 Å². The number of piperidine rings is 2. The number of sulfonamides is 1. The summed E-state index contributed by atoms with van der Waals surface area (Å²) in [6, 6.07) is 12.0. The molecule has 0 spiro atoms. The standard InChI is InChI=1S/C26H33N3O5S/c1-20-8-11-22(12-9-20)27-25(30)19-34-26(31)21-10-13-23(28-14-4-2-5-15-28)24(18-21)35(32,33)29-16-6-3-7-17-29/h8-13,18H,2-7,14-17,19H2,1H3,(H,27,30). The maximum atomic E-state index is 13.6. The van der Waals surface area contributed by atoms with Gasteiger partial charge < -0.3 is 15.0 Å². The topological polar surface area (TPSA) is 96.0 Å². The third-order valence-corrected chi connectivity index (χ3v) is 8.42. The van der Waals surface area contributed by atoms with Gasteiger partial charge in [-0.05, 0) is 69.4 Å². The predicted octanol–water partition coefficient (Wildman–Crippen LogP) is 3.96. The molecule has 2 aliphatic rings. The van der Waals surface area contributed by atoms with Crippen molar-refractivity contribution < 1.29 is 22.7 Å². The minimum atomic E-state index is -3.77. The number of carbonyl (C=O) groups is 2. The Morgan fingerprint density at radius 2 is 1.51 bits per heavy atom. The molecule has 8 nitrogen and oxygen atoms in total. The van der Waals surface area contributed by atoms with Gasteiger partial charge in [-0.25, -0.2) is 13.2 Å². The lowest BCUT2D eigenvalue weighted by Crippen LogP contribution is -2.37. The predicted molar refractivity (Wildman–Crippen MR) is 135 cm³/mol. The molecule has 0 radical (unpaired) electrons. The highest BCUT2D eigenvalue weighted by Gasteiger charge is 2.31. The molecule has 188 valence electrons. The quantitative estimate of drug-likeness (QED) is 0.580. The van der Waals surface area contributed by atoms with E-state index in [1.54, 1.807) is 24.3 Å². The summed E-state index contributed by atoms with van der Waals surface area (Å²) in [6.45, 7) is 4.01. The van der Waals surface area contributed by atoms with Crippen molar-refractivity contribution in [3.63, 3.8) is 0 Å². The zero-order valence-corrected chi connectivity index (χ0v) is 21.0. The second-order valence-electron chi connectivity index (χ2n) is 9.19. The number of amides is 1. The van der Waals surface area contributed by atoms with E-state index in [9.17, 15) is 18.0 Å². The van der Waals surface area contributed by atoms with Gasteiger partial charge in [0.1, 0.15) is 4.90 Å². The van der Waals surface area contributed by atoms with Crippen LogP contribution in [0.2, 0.25) is 0 Å². The second kappa shape index (κ2) is 11.2. The molecule has 2 saturated heterocycles. The fraction of sp³-hybridized carbons (Fsp3) is 0.462. The van der Waals surface area contributed by atoms with Crippen LogP contribution < -0.4 is 10.2 Å². The number of hydrogen-bond donors (Lipinski definition) is 1. The molecular formula is C26H33N3O5S. The van der Waals surface area contributed by atoms with E-state index in [1.807, 2.05) is 19.1 Å². The summed E-state index contributed by atoms with van der Waals surface area (Å²) in [4.78, 5) is 27.2. The van der Waals surface area contributed by atoms with Gasteiger partial charge in [0.25, 0.3) is 5.91 Å². The molecule has 4 rings (SSSR count). The summed E-state index contributed by atoms with van der Waals surface area (Å²) >= 11 is 0. The van der Waals surface area contributed by atoms with Crippen LogP contribution in [0.1, 0.15) is 54.4 Å². The number of nitrogens with one attached hydrogen (secondary N) is 1. The van der Waals surface area contributed by atoms with Crippen LogP contribution >= 0.6 is 0 Å². The SMILES string of the molecule is Cc1ccc(NC(=O)COC(=O)c2ccc(N3CCCCC3)c(S(=O)(=O)N3CCCCC3)c2)cc1. The molecule has 0 aromatic heterocycles. The first-order chi connectivity index (χ1) is 16.8. The molecule has 0 atom stereocenters. The van der Waals surface area contributed by atoms with Crippen molar-refractivity contribution in [2.75, 3.05) is 43.0 Å². The highest BCUT2D eigenvalue weighted by molar-refractivity contribution is 7.89. The molecule has 0 saturated carbocycles. The van der Waals surface area contributed by atoms with E-state index < -0.39 is 28.5 Å². The zero-order valence-electron chi connectivity index (χ0n) is 20.2. The van der Waals surface area contributed by atoms with E-state index in [0.29, 0.717) is 24.5 Å². The minimum absolute atomic E-state index is 0.115. The molecule has 9 heteroatoms. The Kier molecular flexibility index (Phi) is 8.07. The molecule has 2 heterocycles. The summed E-state index contributed by atoms with van der Waals surface area (Å²) in [7, 11) is -3.77. The van der Waals surface area contributed by atoms with Crippen molar-refractivity contribution in [1.29, 1.82) is 0 Å². The average molecular weight is 500 g/mol. The lowest BCUT2D eigenvalue weighted by atomic mass is 10.1. The number of aryl methyl sites for hydroxylation is 1. The van der Waals surface area contributed by atoms with Crippen LogP contribution in [-0.2, 0) is 19.6 Å². The van der Waals surface area contributed by atoms with Gasteiger partial charge in [0, 0.05) is 31.9 Å². The zero-order chi connectivity index (χ0) is 24.8. The van der Waals surface area contributed by atoms with Crippen LogP contribution in [0.5, 0.6) is 0 Å². The minimum Gasteiger partial charge on any atom is -0.452 e. The smallest absolute Gasteiger partial charge is 0.338 e. The highest BCUT2D eigenvalue weighted by atomic mass is 32.2. The summed E-state index contributed by atoms with van der Waals surface area (Å²) in [5.74, 6) is -1.20. The van der Waals surface area contributed by atoms with Gasteiger partial charge in [0.15, 0.2) is 6.61 Å². The summed E-state index contributed by atoms with van der Waals surface area (Å²) in [6.07, 6.45) is 5.81. The molecule has 2 aromatic rings. The van der Waals surface area contributed by atoms with Gasteiger partial charge >= 0.3 is 5.97 Å². The maximum Gasteiger partial charge on any atom is 0.338 e. The van der Waals surface area contributed by atoms with Crippen molar-refractivity contribution in [3.05, 3.63) is 53.6 Å². The van der Waals surface area contributed by atoms with E-state index in [-0.39, 0.29) is 10.5 Å². The Morgan fingerprint density at radius 3 is 2.17 bits per heavy atom. The Morgan fingerprint density at radius 1 is 0.886 bits per heavy atom. The molecule has 1 N–H and O–H groups in total. The summed E-state index contributed by atoms with van der Waals surface area (Å²) in [5, 5.41) is 2.68. The monoisotopic (exact) mass is 499 g/mol. The normalized spacial score (nSPS) is 17.1. The van der Waals surface area contributed by atoms with Crippen molar-refractivity contribution >= 4 is 33.3 Å². The first kappa shape index (κ1) is 25.2. The molecule has 1 amide bonds. The highest BCUT2D eigenvalue weighted by Crippen LogP contribution is 2.32. The van der Waals surface area contributed by atoms with Crippen molar-refractivity contribution in [2.45, 2.75) is 50.3 Å². The van der Waals surface area contributed by atoms with Crippen molar-refractivity contribution in [2.24, 2.45) is 0 Å². The van der Waals surface area contributed by atoms with E-state index in [2.05, 4.69) is 10.2 Å². The van der Waals surface area contributed by atoms with Crippen LogP contribution in [0, 0.1) is 6.92 Å². The number of esters is 1. The van der Waals surface area contributed by atoms with Gasteiger partial charge in [-0.2, -0.15) is 4.31 Å². The molecule has 0 unspecified atom stereocenters. The van der Waals surface area contributed by atoms with Gasteiger partial charge in [0.2, 0.25) is 10.0 Å². The first-order valence-corrected chi connectivity index (χ1v) is 13.7. The molecule has 0 bridgehead atoms. The van der Waals surface area contributed by atoms with Crippen LogP contribution in [0.4, 0.5) is 11.4 Å². The second-order valence-corrected chi connectivity index (χ2v) is 11.1. The van der Waals surface area contributed by atoms with E-state index in [1.165, 1.54) is 10.4 Å². The number of carbonyl (C=O) groups excluding carboxylic acids is 2. The van der Waals surface area contributed by atoms with Gasteiger partial charge in [-0.3, -0.25) is 4.79 Å². The Hall–Kier alpha value is -2.91.